The zero-order valence-corrected chi connectivity index (χ0v) is 10.9. The van der Waals surface area contributed by atoms with Gasteiger partial charge in [-0.25, -0.2) is 13.3 Å². The van der Waals surface area contributed by atoms with Crippen molar-refractivity contribution in [2.75, 3.05) is 0 Å². The summed E-state index contributed by atoms with van der Waals surface area (Å²) in [5.41, 5.74) is 0.542. The average Bonchev–Trinajstić information content (AvgIpc) is 2.16. The molecule has 0 aromatic heterocycles. The van der Waals surface area contributed by atoms with E-state index in [1.165, 1.54) is 6.07 Å². The van der Waals surface area contributed by atoms with E-state index in [4.69, 9.17) is 0 Å². The smallest absolute Gasteiger partial charge is 0.127 e. The maximum absolute atomic E-state index is 13.4. The minimum absolute atomic E-state index is 0.263. The third-order valence-electron chi connectivity index (χ3n) is 2.21. The lowest BCUT2D eigenvalue weighted by molar-refractivity contribution is 0.572. The van der Waals surface area contributed by atoms with E-state index < -0.39 is 11.0 Å². The first-order chi connectivity index (χ1) is 7.32. The molecule has 0 bridgehead atoms. The summed E-state index contributed by atoms with van der Waals surface area (Å²) in [6.45, 7) is 7.45. The molecule has 0 saturated heterocycles. The number of nitrogens with one attached hydrogen (secondary N) is 1. The molecule has 0 heterocycles. The van der Waals surface area contributed by atoms with E-state index in [0.717, 1.165) is 0 Å². The van der Waals surface area contributed by atoms with E-state index in [1.54, 1.807) is 18.2 Å². The predicted molar refractivity (Wildman–Crippen MR) is 65.8 cm³/mol. The third-order valence-corrected chi connectivity index (χ3v) is 3.89. The number of halogens is 1. The van der Waals surface area contributed by atoms with Crippen molar-refractivity contribution < 1.29 is 8.60 Å². The van der Waals surface area contributed by atoms with E-state index in [9.17, 15) is 8.60 Å². The van der Waals surface area contributed by atoms with Gasteiger partial charge in [-0.15, -0.1) is 0 Å². The SMILES string of the molecule is CC(NS(=O)C(C)(C)C)c1ccccc1F. The van der Waals surface area contributed by atoms with Crippen LogP contribution >= 0.6 is 0 Å². The first-order valence-corrected chi connectivity index (χ1v) is 6.40. The van der Waals surface area contributed by atoms with Gasteiger partial charge in [0, 0.05) is 11.6 Å². The van der Waals surface area contributed by atoms with Crippen LogP contribution < -0.4 is 4.72 Å². The Balaban J connectivity index is 2.78. The second kappa shape index (κ2) is 5.06. The minimum Gasteiger partial charge on any atom is -0.242 e. The van der Waals surface area contributed by atoms with E-state index in [1.807, 2.05) is 27.7 Å². The molecule has 0 radical (unpaired) electrons. The number of hydrogen-bond acceptors (Lipinski definition) is 1. The van der Waals surface area contributed by atoms with Crippen LogP contribution in [-0.4, -0.2) is 8.96 Å². The fourth-order valence-electron chi connectivity index (χ4n) is 1.23. The van der Waals surface area contributed by atoms with E-state index in [0.29, 0.717) is 5.56 Å². The number of rotatable bonds is 3. The molecule has 1 N–H and O–H groups in total. The Morgan fingerprint density at radius 1 is 1.31 bits per heavy atom. The molecule has 1 aromatic rings. The molecule has 2 nitrogen and oxygen atoms in total. The highest BCUT2D eigenvalue weighted by molar-refractivity contribution is 7.84. The van der Waals surface area contributed by atoms with Crippen LogP contribution in [0.15, 0.2) is 24.3 Å². The van der Waals surface area contributed by atoms with Crippen molar-refractivity contribution in [1.82, 2.24) is 4.72 Å². The van der Waals surface area contributed by atoms with Crippen LogP contribution in [0.3, 0.4) is 0 Å². The highest BCUT2D eigenvalue weighted by atomic mass is 32.2. The topological polar surface area (TPSA) is 29.1 Å². The molecule has 0 aliphatic rings. The van der Waals surface area contributed by atoms with Crippen LogP contribution in [0.1, 0.15) is 39.3 Å². The second-order valence-electron chi connectivity index (χ2n) is 4.74. The van der Waals surface area contributed by atoms with E-state index in [2.05, 4.69) is 4.72 Å². The Kier molecular flexibility index (Phi) is 4.21. The molecule has 2 unspecified atom stereocenters. The molecule has 4 heteroatoms. The first kappa shape index (κ1) is 13.3. The Morgan fingerprint density at radius 2 is 1.88 bits per heavy atom. The zero-order chi connectivity index (χ0) is 12.3. The van der Waals surface area contributed by atoms with Crippen molar-refractivity contribution in [2.45, 2.75) is 38.5 Å². The van der Waals surface area contributed by atoms with Crippen LogP contribution in [-0.2, 0) is 11.0 Å². The monoisotopic (exact) mass is 243 g/mol. The third kappa shape index (κ3) is 3.39. The van der Waals surface area contributed by atoms with Crippen molar-refractivity contribution in [3.8, 4) is 0 Å². The summed E-state index contributed by atoms with van der Waals surface area (Å²) in [6, 6.07) is 6.27. The van der Waals surface area contributed by atoms with Crippen molar-refractivity contribution >= 4 is 11.0 Å². The molecular formula is C12H18FNOS. The Morgan fingerprint density at radius 3 is 2.38 bits per heavy atom. The van der Waals surface area contributed by atoms with Crippen LogP contribution in [0.25, 0.3) is 0 Å². The lowest BCUT2D eigenvalue weighted by atomic mass is 10.1. The lowest BCUT2D eigenvalue weighted by Gasteiger charge is -2.22. The van der Waals surface area contributed by atoms with Gasteiger partial charge in [-0.2, -0.15) is 0 Å². The van der Waals surface area contributed by atoms with Gasteiger partial charge in [0.25, 0.3) is 0 Å². The summed E-state index contributed by atoms with van der Waals surface area (Å²) in [5, 5.41) is 0. The van der Waals surface area contributed by atoms with Gasteiger partial charge in [0.15, 0.2) is 0 Å². The molecule has 0 aliphatic carbocycles. The summed E-state index contributed by atoms with van der Waals surface area (Å²) in [5.74, 6) is -0.270. The largest absolute Gasteiger partial charge is 0.242 e. The van der Waals surface area contributed by atoms with Crippen LogP contribution in [0.5, 0.6) is 0 Å². The molecule has 2 atom stereocenters. The van der Waals surface area contributed by atoms with Crippen LogP contribution in [0.2, 0.25) is 0 Å². The zero-order valence-electron chi connectivity index (χ0n) is 10.1. The molecule has 90 valence electrons. The molecule has 1 rings (SSSR count). The Labute approximate surface area is 98.8 Å². The second-order valence-corrected chi connectivity index (χ2v) is 6.74. The quantitative estimate of drug-likeness (QED) is 0.869. The summed E-state index contributed by atoms with van der Waals surface area (Å²) in [7, 11) is -1.19. The fourth-order valence-corrected chi connectivity index (χ4v) is 2.03. The highest BCUT2D eigenvalue weighted by Gasteiger charge is 2.22. The maximum atomic E-state index is 13.4. The summed E-state index contributed by atoms with van der Waals surface area (Å²) in [6.07, 6.45) is 0. The normalized spacial score (nSPS) is 15.8. The van der Waals surface area contributed by atoms with Crippen molar-refractivity contribution in [3.05, 3.63) is 35.6 Å². The maximum Gasteiger partial charge on any atom is 0.127 e. The van der Waals surface area contributed by atoms with Gasteiger partial charge in [0.05, 0.1) is 15.7 Å². The molecule has 0 saturated carbocycles. The van der Waals surface area contributed by atoms with Crippen molar-refractivity contribution in [2.24, 2.45) is 0 Å². The summed E-state index contributed by atoms with van der Waals surface area (Å²) < 4.78 is 27.8. The average molecular weight is 243 g/mol. The van der Waals surface area contributed by atoms with Gasteiger partial charge >= 0.3 is 0 Å². The molecule has 16 heavy (non-hydrogen) atoms. The van der Waals surface area contributed by atoms with Gasteiger partial charge in [-0.3, -0.25) is 0 Å². The Bertz CT molecular complexity index is 387. The molecule has 0 spiro atoms. The number of benzene rings is 1. The summed E-state index contributed by atoms with van der Waals surface area (Å²) >= 11 is 0. The van der Waals surface area contributed by atoms with E-state index in [-0.39, 0.29) is 16.6 Å². The molecule has 1 aromatic carbocycles. The minimum atomic E-state index is -1.19. The van der Waals surface area contributed by atoms with Crippen molar-refractivity contribution in [1.29, 1.82) is 0 Å². The van der Waals surface area contributed by atoms with Gasteiger partial charge in [0.1, 0.15) is 5.82 Å². The molecule has 0 aliphatic heterocycles. The van der Waals surface area contributed by atoms with Gasteiger partial charge in [-0.1, -0.05) is 18.2 Å². The van der Waals surface area contributed by atoms with Crippen LogP contribution in [0.4, 0.5) is 4.39 Å². The lowest BCUT2D eigenvalue weighted by Crippen LogP contribution is -2.35. The predicted octanol–water partition coefficient (Wildman–Crippen LogP) is 2.94. The number of hydrogen-bond donors (Lipinski definition) is 1. The molecular weight excluding hydrogens is 225 g/mol. The molecule has 0 fully saturated rings. The van der Waals surface area contributed by atoms with Gasteiger partial charge in [0.2, 0.25) is 0 Å². The van der Waals surface area contributed by atoms with Crippen molar-refractivity contribution in [3.63, 3.8) is 0 Å². The first-order valence-electron chi connectivity index (χ1n) is 5.25. The van der Waals surface area contributed by atoms with E-state index >= 15 is 0 Å². The highest BCUT2D eigenvalue weighted by Crippen LogP contribution is 2.19. The van der Waals surface area contributed by atoms with Gasteiger partial charge in [-0.05, 0) is 33.8 Å². The fraction of sp³-hybridized carbons (Fsp3) is 0.500. The molecule has 0 amide bonds. The van der Waals surface area contributed by atoms with Gasteiger partial charge < -0.3 is 0 Å². The van der Waals surface area contributed by atoms with Crippen LogP contribution in [0, 0.1) is 5.82 Å². The summed E-state index contributed by atoms with van der Waals surface area (Å²) in [4.78, 5) is 0. The standard InChI is InChI=1S/C12H18FNOS/c1-9(14-16(15)12(2,3)4)10-7-5-6-8-11(10)13/h5-9,14H,1-4H3. The Hall–Kier alpha value is -0.740.